The molecular formula is C20H11FN2O. The standard InChI is InChI=1S/C20H11FN2O/c21-18-10-15(7-8-16-4-1-2-5-17(16)13-22)11-20(12-18)24-19-6-3-9-23-14-19/h1-6,9-12,14H. The number of halogens is 1. The largest absolute Gasteiger partial charge is 0.456 e. The van der Waals surface area contributed by atoms with E-state index < -0.39 is 5.82 Å². The third-order valence-electron chi connectivity index (χ3n) is 3.13. The summed E-state index contributed by atoms with van der Waals surface area (Å²) in [6.07, 6.45) is 3.17. The van der Waals surface area contributed by atoms with Crippen molar-refractivity contribution < 1.29 is 9.13 Å². The number of nitrogens with zero attached hydrogens (tertiary/aromatic N) is 2. The average molecular weight is 314 g/mol. The van der Waals surface area contributed by atoms with Crippen molar-refractivity contribution in [2.24, 2.45) is 0 Å². The van der Waals surface area contributed by atoms with Crippen molar-refractivity contribution in [1.82, 2.24) is 4.98 Å². The number of rotatable bonds is 2. The fourth-order valence-corrected chi connectivity index (χ4v) is 2.07. The maximum Gasteiger partial charge on any atom is 0.145 e. The Morgan fingerprint density at radius 3 is 2.50 bits per heavy atom. The molecule has 0 amide bonds. The van der Waals surface area contributed by atoms with Gasteiger partial charge in [0.05, 0.1) is 11.8 Å². The van der Waals surface area contributed by atoms with E-state index in [4.69, 9.17) is 10.00 Å². The van der Waals surface area contributed by atoms with E-state index in [1.54, 1.807) is 54.9 Å². The topological polar surface area (TPSA) is 45.9 Å². The van der Waals surface area contributed by atoms with Gasteiger partial charge in [0, 0.05) is 23.4 Å². The number of ether oxygens (including phenoxy) is 1. The highest BCUT2D eigenvalue weighted by Crippen LogP contribution is 2.22. The van der Waals surface area contributed by atoms with Gasteiger partial charge in [-0.15, -0.1) is 0 Å². The van der Waals surface area contributed by atoms with Crippen LogP contribution in [0.2, 0.25) is 0 Å². The molecule has 2 aromatic carbocycles. The first-order valence-electron chi connectivity index (χ1n) is 7.14. The minimum absolute atomic E-state index is 0.334. The lowest BCUT2D eigenvalue weighted by Crippen LogP contribution is -1.88. The summed E-state index contributed by atoms with van der Waals surface area (Å²) < 4.78 is 19.4. The first-order valence-corrected chi connectivity index (χ1v) is 7.14. The Hall–Kier alpha value is -3.63. The zero-order valence-corrected chi connectivity index (χ0v) is 12.5. The second-order valence-corrected chi connectivity index (χ2v) is 4.87. The van der Waals surface area contributed by atoms with Crippen molar-refractivity contribution in [1.29, 1.82) is 5.26 Å². The third kappa shape index (κ3) is 3.76. The number of nitriles is 1. The number of aromatic nitrogens is 1. The maximum absolute atomic E-state index is 13.8. The lowest BCUT2D eigenvalue weighted by Gasteiger charge is -2.05. The van der Waals surface area contributed by atoms with E-state index in [0.29, 0.717) is 28.2 Å². The normalized spacial score (nSPS) is 9.50. The molecule has 0 radical (unpaired) electrons. The molecule has 4 heteroatoms. The van der Waals surface area contributed by atoms with Crippen LogP contribution in [0.3, 0.4) is 0 Å². The third-order valence-corrected chi connectivity index (χ3v) is 3.13. The van der Waals surface area contributed by atoms with E-state index in [-0.39, 0.29) is 0 Å². The van der Waals surface area contributed by atoms with Gasteiger partial charge >= 0.3 is 0 Å². The highest BCUT2D eigenvalue weighted by molar-refractivity contribution is 5.51. The van der Waals surface area contributed by atoms with Gasteiger partial charge < -0.3 is 4.74 Å². The summed E-state index contributed by atoms with van der Waals surface area (Å²) in [5.41, 5.74) is 1.54. The Morgan fingerprint density at radius 1 is 0.917 bits per heavy atom. The molecule has 0 spiro atoms. The quantitative estimate of drug-likeness (QED) is 0.663. The molecular weight excluding hydrogens is 303 g/mol. The van der Waals surface area contributed by atoms with Crippen molar-refractivity contribution in [3.05, 3.63) is 89.5 Å². The molecule has 0 aliphatic heterocycles. The Labute approximate surface area is 139 Å². The van der Waals surface area contributed by atoms with Gasteiger partial charge in [0.2, 0.25) is 0 Å². The SMILES string of the molecule is N#Cc1ccccc1C#Cc1cc(F)cc(Oc2cccnc2)c1. The van der Waals surface area contributed by atoms with Crippen molar-refractivity contribution in [2.75, 3.05) is 0 Å². The molecule has 1 heterocycles. The molecule has 0 aliphatic carbocycles. The molecule has 24 heavy (non-hydrogen) atoms. The van der Waals surface area contributed by atoms with Crippen LogP contribution in [0.1, 0.15) is 16.7 Å². The predicted octanol–water partition coefficient (Wildman–Crippen LogP) is 4.28. The Balaban J connectivity index is 1.90. The van der Waals surface area contributed by atoms with Crippen LogP contribution in [-0.4, -0.2) is 4.98 Å². The zero-order valence-electron chi connectivity index (χ0n) is 12.5. The van der Waals surface area contributed by atoms with Gasteiger partial charge in [0.15, 0.2) is 0 Å². The molecule has 0 saturated carbocycles. The van der Waals surface area contributed by atoms with Crippen LogP contribution < -0.4 is 4.74 Å². The van der Waals surface area contributed by atoms with E-state index in [1.807, 2.05) is 0 Å². The summed E-state index contributed by atoms with van der Waals surface area (Å²) in [5, 5.41) is 9.06. The van der Waals surface area contributed by atoms with Gasteiger partial charge in [0.25, 0.3) is 0 Å². The van der Waals surface area contributed by atoms with Crippen LogP contribution >= 0.6 is 0 Å². The smallest absolute Gasteiger partial charge is 0.145 e. The molecule has 1 aromatic heterocycles. The highest BCUT2D eigenvalue weighted by atomic mass is 19.1. The van der Waals surface area contributed by atoms with Crippen LogP contribution in [0, 0.1) is 29.0 Å². The summed E-state index contributed by atoms with van der Waals surface area (Å²) in [6.45, 7) is 0. The fourth-order valence-electron chi connectivity index (χ4n) is 2.07. The second-order valence-electron chi connectivity index (χ2n) is 4.87. The first-order chi connectivity index (χ1) is 11.7. The van der Waals surface area contributed by atoms with Crippen LogP contribution in [-0.2, 0) is 0 Å². The molecule has 0 atom stereocenters. The molecule has 0 aliphatic rings. The summed E-state index contributed by atoms with van der Waals surface area (Å²) in [5.74, 6) is 6.15. The molecule has 114 valence electrons. The average Bonchev–Trinajstić information content (AvgIpc) is 2.60. The van der Waals surface area contributed by atoms with Crippen LogP contribution in [0.5, 0.6) is 11.5 Å². The Morgan fingerprint density at radius 2 is 1.75 bits per heavy atom. The maximum atomic E-state index is 13.8. The molecule has 3 rings (SSSR count). The van der Waals surface area contributed by atoms with E-state index >= 15 is 0 Å². The van der Waals surface area contributed by atoms with Gasteiger partial charge in [-0.25, -0.2) is 4.39 Å². The van der Waals surface area contributed by atoms with E-state index in [0.717, 1.165) is 0 Å². The summed E-state index contributed by atoms with van der Waals surface area (Å²) in [4.78, 5) is 3.94. The molecule has 0 unspecified atom stereocenters. The molecule has 0 fully saturated rings. The second kappa shape index (κ2) is 7.09. The minimum atomic E-state index is -0.450. The van der Waals surface area contributed by atoms with E-state index in [2.05, 4.69) is 22.9 Å². The number of hydrogen-bond acceptors (Lipinski definition) is 3. The first kappa shape index (κ1) is 15.3. The van der Waals surface area contributed by atoms with Crippen LogP contribution in [0.4, 0.5) is 4.39 Å². The molecule has 0 bridgehead atoms. The van der Waals surface area contributed by atoms with Gasteiger partial charge in [0.1, 0.15) is 23.4 Å². The number of pyridine rings is 1. The number of hydrogen-bond donors (Lipinski definition) is 0. The van der Waals surface area contributed by atoms with Crippen molar-refractivity contribution >= 4 is 0 Å². The lowest BCUT2D eigenvalue weighted by molar-refractivity contribution is 0.474. The highest BCUT2D eigenvalue weighted by Gasteiger charge is 2.03. The summed E-state index contributed by atoms with van der Waals surface area (Å²) in [6, 6.07) is 16.8. The van der Waals surface area contributed by atoms with E-state index in [9.17, 15) is 4.39 Å². The predicted molar refractivity (Wildman–Crippen MR) is 87.8 cm³/mol. The van der Waals surface area contributed by atoms with Crippen LogP contribution in [0.15, 0.2) is 67.0 Å². The van der Waals surface area contributed by atoms with Gasteiger partial charge in [-0.3, -0.25) is 4.98 Å². The Bertz CT molecular complexity index is 966. The van der Waals surface area contributed by atoms with E-state index in [1.165, 1.54) is 12.1 Å². The van der Waals surface area contributed by atoms with Gasteiger partial charge in [-0.2, -0.15) is 5.26 Å². The zero-order chi connectivity index (χ0) is 16.8. The lowest BCUT2D eigenvalue weighted by atomic mass is 10.1. The van der Waals surface area contributed by atoms with Crippen molar-refractivity contribution in [3.8, 4) is 29.4 Å². The van der Waals surface area contributed by atoms with Gasteiger partial charge in [-0.1, -0.05) is 24.0 Å². The fraction of sp³-hybridized carbons (Fsp3) is 0. The minimum Gasteiger partial charge on any atom is -0.456 e. The monoisotopic (exact) mass is 314 g/mol. The number of benzene rings is 2. The summed E-state index contributed by atoms with van der Waals surface area (Å²) in [7, 11) is 0. The van der Waals surface area contributed by atoms with Crippen molar-refractivity contribution in [2.45, 2.75) is 0 Å². The molecule has 0 N–H and O–H groups in total. The molecule has 3 nitrogen and oxygen atoms in total. The molecule has 0 saturated heterocycles. The Kier molecular flexibility index (Phi) is 4.51. The summed E-state index contributed by atoms with van der Waals surface area (Å²) >= 11 is 0. The van der Waals surface area contributed by atoms with Crippen molar-refractivity contribution in [3.63, 3.8) is 0 Å². The van der Waals surface area contributed by atoms with Crippen LogP contribution in [0.25, 0.3) is 0 Å². The van der Waals surface area contributed by atoms with Gasteiger partial charge in [-0.05, 0) is 36.4 Å². The molecule has 3 aromatic rings.